The van der Waals surface area contributed by atoms with Crippen molar-refractivity contribution in [1.29, 1.82) is 0 Å². The van der Waals surface area contributed by atoms with Crippen LogP contribution in [0.1, 0.15) is 39.2 Å². The summed E-state index contributed by atoms with van der Waals surface area (Å²) in [6, 6.07) is 1.80. The molecule has 3 heterocycles. The minimum absolute atomic E-state index is 0.0393. The maximum absolute atomic E-state index is 11.9. The molecule has 0 bridgehead atoms. The van der Waals surface area contributed by atoms with E-state index in [1.165, 1.54) is 6.92 Å². The molecule has 3 N–H and O–H groups in total. The van der Waals surface area contributed by atoms with Crippen LogP contribution in [0.2, 0.25) is 0 Å². The summed E-state index contributed by atoms with van der Waals surface area (Å²) in [5.41, 5.74) is 5.70. The number of primary amides is 1. The lowest BCUT2D eigenvalue weighted by Gasteiger charge is -2.33. The van der Waals surface area contributed by atoms with E-state index in [4.69, 9.17) is 10.2 Å². The molecule has 0 radical (unpaired) electrons. The first-order valence-corrected chi connectivity index (χ1v) is 8.76. The Morgan fingerprint density at radius 1 is 1.15 bits per heavy atom. The highest BCUT2D eigenvalue weighted by molar-refractivity contribution is 6.10. The van der Waals surface area contributed by atoms with E-state index in [-0.39, 0.29) is 22.8 Å². The highest BCUT2D eigenvalue weighted by atomic mass is 16.4. The van der Waals surface area contributed by atoms with Crippen molar-refractivity contribution in [2.75, 3.05) is 43.4 Å². The van der Waals surface area contributed by atoms with Crippen molar-refractivity contribution in [3.8, 4) is 0 Å². The van der Waals surface area contributed by atoms with E-state index in [1.807, 2.05) is 0 Å². The van der Waals surface area contributed by atoms with E-state index in [2.05, 4.69) is 32.1 Å². The predicted octanol–water partition coefficient (Wildman–Crippen LogP) is 1.48. The van der Waals surface area contributed by atoms with Gasteiger partial charge in [0.05, 0.1) is 5.56 Å². The third-order valence-corrected chi connectivity index (χ3v) is 4.58. The Balaban J connectivity index is 1.94. The Kier molecular flexibility index (Phi) is 5.13. The van der Waals surface area contributed by atoms with Crippen LogP contribution in [0, 0.1) is 13.8 Å². The monoisotopic (exact) mass is 372 g/mol. The molecular formula is C18H24N6O3. The van der Waals surface area contributed by atoms with Crippen molar-refractivity contribution in [2.24, 2.45) is 5.73 Å². The van der Waals surface area contributed by atoms with Crippen LogP contribution in [0.3, 0.4) is 0 Å². The van der Waals surface area contributed by atoms with Gasteiger partial charge in [-0.2, -0.15) is 0 Å². The highest BCUT2D eigenvalue weighted by Gasteiger charge is 2.26. The molecule has 0 saturated carbocycles. The molecule has 9 heteroatoms. The average Bonchev–Trinajstić information content (AvgIpc) is 2.91. The Hall–Kier alpha value is -2.94. The largest absolute Gasteiger partial charge is 0.444 e. The number of furan rings is 1. The van der Waals surface area contributed by atoms with Gasteiger partial charge in [-0.15, -0.1) is 0 Å². The quantitative estimate of drug-likeness (QED) is 0.758. The zero-order valence-corrected chi connectivity index (χ0v) is 16.0. The van der Waals surface area contributed by atoms with Crippen LogP contribution in [-0.4, -0.2) is 59.8 Å². The van der Waals surface area contributed by atoms with Crippen molar-refractivity contribution in [3.63, 3.8) is 0 Å². The van der Waals surface area contributed by atoms with Gasteiger partial charge in [-0.05, 0) is 27.8 Å². The van der Waals surface area contributed by atoms with Crippen molar-refractivity contribution in [3.05, 3.63) is 28.8 Å². The second-order valence-electron chi connectivity index (χ2n) is 6.73. The lowest BCUT2D eigenvalue weighted by Crippen LogP contribution is -2.44. The average molecular weight is 372 g/mol. The van der Waals surface area contributed by atoms with Crippen LogP contribution < -0.4 is 16.0 Å². The maximum Gasteiger partial charge on any atom is 0.255 e. The van der Waals surface area contributed by atoms with Gasteiger partial charge in [0.1, 0.15) is 28.8 Å². The van der Waals surface area contributed by atoms with Crippen molar-refractivity contribution < 1.29 is 14.0 Å². The minimum Gasteiger partial charge on any atom is -0.444 e. The van der Waals surface area contributed by atoms with Gasteiger partial charge in [-0.1, -0.05) is 0 Å². The highest BCUT2D eigenvalue weighted by Crippen LogP contribution is 2.30. The van der Waals surface area contributed by atoms with Gasteiger partial charge in [0.25, 0.3) is 5.91 Å². The maximum atomic E-state index is 11.9. The predicted molar refractivity (Wildman–Crippen MR) is 102 cm³/mol. The fourth-order valence-corrected chi connectivity index (χ4v) is 3.22. The van der Waals surface area contributed by atoms with E-state index in [0.717, 1.165) is 32.0 Å². The summed E-state index contributed by atoms with van der Waals surface area (Å²) in [6.45, 7) is 8.44. The normalized spacial score (nSPS) is 15.0. The molecule has 9 nitrogen and oxygen atoms in total. The molecule has 0 aliphatic carbocycles. The third kappa shape index (κ3) is 3.92. The van der Waals surface area contributed by atoms with Crippen molar-refractivity contribution in [1.82, 2.24) is 14.9 Å². The second-order valence-corrected chi connectivity index (χ2v) is 6.73. The molecule has 0 spiro atoms. The summed E-state index contributed by atoms with van der Waals surface area (Å²) in [5, 5.41) is 2.99. The zero-order chi connectivity index (χ0) is 19.7. The smallest absolute Gasteiger partial charge is 0.255 e. The summed E-state index contributed by atoms with van der Waals surface area (Å²) in [7, 11) is 2.09. The Morgan fingerprint density at radius 2 is 1.81 bits per heavy atom. The number of piperazine rings is 1. The number of aromatic nitrogens is 2. The number of nitrogens with two attached hydrogens (primary N) is 1. The molecule has 1 amide bonds. The summed E-state index contributed by atoms with van der Waals surface area (Å²) in [4.78, 5) is 37.1. The first-order chi connectivity index (χ1) is 12.8. The van der Waals surface area contributed by atoms with Gasteiger partial charge in [-0.3, -0.25) is 9.59 Å². The van der Waals surface area contributed by atoms with Crippen molar-refractivity contribution >= 4 is 29.2 Å². The van der Waals surface area contributed by atoms with Gasteiger partial charge in [0.15, 0.2) is 5.78 Å². The molecular weight excluding hydrogens is 348 g/mol. The summed E-state index contributed by atoms with van der Waals surface area (Å²) in [6.07, 6.45) is 0. The number of rotatable bonds is 5. The second kappa shape index (κ2) is 7.36. The Labute approximate surface area is 157 Å². The van der Waals surface area contributed by atoms with Crippen LogP contribution in [0.25, 0.3) is 0 Å². The molecule has 0 atom stereocenters. The number of ketones is 1. The number of hydrogen-bond donors (Lipinski definition) is 2. The van der Waals surface area contributed by atoms with Gasteiger partial charge in [0.2, 0.25) is 5.88 Å². The van der Waals surface area contributed by atoms with E-state index >= 15 is 0 Å². The van der Waals surface area contributed by atoms with Crippen LogP contribution in [-0.2, 0) is 0 Å². The fourth-order valence-electron chi connectivity index (χ4n) is 3.22. The number of carbonyl (C=O) groups is 2. The number of amides is 1. The number of aryl methyl sites for hydroxylation is 2. The molecule has 1 aliphatic heterocycles. The molecule has 144 valence electrons. The van der Waals surface area contributed by atoms with Crippen LogP contribution >= 0.6 is 0 Å². The number of hydrogen-bond acceptors (Lipinski definition) is 8. The van der Waals surface area contributed by atoms with Crippen LogP contribution in [0.15, 0.2) is 10.5 Å². The number of likely N-dealkylation sites (N-methyl/N-ethyl adjacent to an activating group) is 1. The van der Waals surface area contributed by atoms with Gasteiger partial charge >= 0.3 is 0 Å². The molecule has 0 unspecified atom stereocenters. The molecule has 0 aromatic carbocycles. The van der Waals surface area contributed by atoms with E-state index < -0.39 is 5.91 Å². The molecule has 1 saturated heterocycles. The molecule has 1 aliphatic rings. The van der Waals surface area contributed by atoms with Gasteiger partial charge in [-0.25, -0.2) is 9.97 Å². The van der Waals surface area contributed by atoms with E-state index in [0.29, 0.717) is 17.4 Å². The minimum atomic E-state index is -0.732. The Morgan fingerprint density at radius 3 is 2.41 bits per heavy atom. The van der Waals surface area contributed by atoms with Crippen LogP contribution in [0.5, 0.6) is 0 Å². The van der Waals surface area contributed by atoms with Crippen molar-refractivity contribution in [2.45, 2.75) is 20.8 Å². The van der Waals surface area contributed by atoms with E-state index in [9.17, 15) is 9.59 Å². The number of Topliss-reactive ketones (excluding diaryl/α,β-unsaturated/α-hetero) is 1. The molecule has 3 rings (SSSR count). The first-order valence-electron chi connectivity index (χ1n) is 8.76. The SMILES string of the molecule is CC(=O)c1c(C)oc(Nc2cc(N3CCN(C)CC3)nc(C)n2)c1C(N)=O. The lowest BCUT2D eigenvalue weighted by molar-refractivity contribution is 0.0974. The zero-order valence-electron chi connectivity index (χ0n) is 16.0. The molecule has 27 heavy (non-hydrogen) atoms. The number of nitrogens with one attached hydrogen (secondary N) is 1. The Bertz CT molecular complexity index is 883. The number of carbonyl (C=O) groups excluding carboxylic acids is 2. The summed E-state index contributed by atoms with van der Waals surface area (Å²) < 4.78 is 5.60. The lowest BCUT2D eigenvalue weighted by atomic mass is 10.1. The fraction of sp³-hybridized carbons (Fsp3) is 0.444. The number of nitrogens with zero attached hydrogens (tertiary/aromatic N) is 4. The number of anilines is 3. The topological polar surface area (TPSA) is 118 Å². The summed E-state index contributed by atoms with van der Waals surface area (Å²) >= 11 is 0. The first kappa shape index (κ1) is 18.8. The van der Waals surface area contributed by atoms with E-state index in [1.54, 1.807) is 19.9 Å². The van der Waals surface area contributed by atoms with Gasteiger partial charge in [0, 0.05) is 32.2 Å². The molecule has 2 aromatic rings. The molecule has 1 fully saturated rings. The van der Waals surface area contributed by atoms with Gasteiger partial charge < -0.3 is 25.3 Å². The summed E-state index contributed by atoms with van der Waals surface area (Å²) in [5.74, 6) is 1.30. The standard InChI is InChI=1S/C18H24N6O3/c1-10(25)15-11(2)27-18(16(15)17(19)26)22-13-9-14(21-12(3)20-13)24-7-5-23(4)6-8-24/h9H,5-8H2,1-4H3,(H2,19,26)(H,20,21,22). The third-order valence-electron chi connectivity index (χ3n) is 4.58. The molecule has 2 aromatic heterocycles. The van der Waals surface area contributed by atoms with Crippen LogP contribution in [0.4, 0.5) is 17.5 Å².